The summed E-state index contributed by atoms with van der Waals surface area (Å²) in [6.45, 7) is 0.149. The van der Waals surface area contributed by atoms with Crippen molar-refractivity contribution in [2.24, 2.45) is 5.92 Å². The molecule has 8 nitrogen and oxygen atoms in total. The molecule has 2 heterocycles. The number of hydrogen-bond donors (Lipinski definition) is 2. The minimum Gasteiger partial charge on any atom is -0.386 e. The van der Waals surface area contributed by atoms with Gasteiger partial charge in [-0.25, -0.2) is 13.4 Å². The number of sulfone groups is 1. The monoisotopic (exact) mass is 595 g/mol. The fourth-order valence-corrected chi connectivity index (χ4v) is 5.73. The van der Waals surface area contributed by atoms with Crippen molar-refractivity contribution in [2.75, 3.05) is 11.7 Å². The van der Waals surface area contributed by atoms with Gasteiger partial charge in [0.2, 0.25) is 11.8 Å². The number of imide groups is 1. The maximum absolute atomic E-state index is 13.7. The van der Waals surface area contributed by atoms with Gasteiger partial charge in [-0.1, -0.05) is 70.5 Å². The van der Waals surface area contributed by atoms with E-state index in [1.807, 2.05) is 42.5 Å². The van der Waals surface area contributed by atoms with Crippen molar-refractivity contribution in [3.05, 3.63) is 107 Å². The predicted octanol–water partition coefficient (Wildman–Crippen LogP) is 3.71. The van der Waals surface area contributed by atoms with E-state index in [0.29, 0.717) is 11.3 Å². The standard InChI is InChI=1S/C28H26BrN3O5S/c1-38(36,37)22-13-11-21(12-14-22)30-32-24(26(33)19-7-9-20(29)10-8-19)16-15-23-25(32)28(35)31(27(23)34)17-18-5-3-2-4-6-18/h2-16,23-26,30,33H,17H2,1H3/t23-,24?,25+,26-/m1/s1. The Morgan fingerprint density at radius 1 is 0.921 bits per heavy atom. The highest BCUT2D eigenvalue weighted by molar-refractivity contribution is 9.10. The van der Waals surface area contributed by atoms with Gasteiger partial charge in [-0.3, -0.25) is 14.5 Å². The average molecular weight is 597 g/mol. The van der Waals surface area contributed by atoms with Crippen LogP contribution in [0.4, 0.5) is 5.69 Å². The molecule has 196 valence electrons. The summed E-state index contributed by atoms with van der Waals surface area (Å²) in [7, 11) is -3.39. The van der Waals surface area contributed by atoms with Gasteiger partial charge in [-0.2, -0.15) is 0 Å². The zero-order valence-corrected chi connectivity index (χ0v) is 22.8. The van der Waals surface area contributed by atoms with E-state index in [-0.39, 0.29) is 23.3 Å². The molecule has 5 rings (SSSR count). The van der Waals surface area contributed by atoms with E-state index in [4.69, 9.17) is 0 Å². The van der Waals surface area contributed by atoms with E-state index < -0.39 is 33.9 Å². The summed E-state index contributed by atoms with van der Waals surface area (Å²) in [5.41, 5.74) is 5.18. The van der Waals surface area contributed by atoms with Crippen molar-refractivity contribution in [3.63, 3.8) is 0 Å². The first kappa shape index (κ1) is 26.3. The van der Waals surface area contributed by atoms with Gasteiger partial charge in [-0.15, -0.1) is 0 Å². The molecule has 1 unspecified atom stereocenters. The maximum Gasteiger partial charge on any atom is 0.249 e. The molecular weight excluding hydrogens is 570 g/mol. The molecule has 2 aliphatic rings. The number of fused-ring (bicyclic) bond motifs is 1. The molecule has 0 aliphatic carbocycles. The van der Waals surface area contributed by atoms with Crippen molar-refractivity contribution in [3.8, 4) is 0 Å². The van der Waals surface area contributed by atoms with E-state index >= 15 is 0 Å². The molecule has 2 amide bonds. The summed E-state index contributed by atoms with van der Waals surface area (Å²) in [6, 6.07) is 21.0. The fraction of sp³-hybridized carbons (Fsp3) is 0.214. The highest BCUT2D eigenvalue weighted by atomic mass is 79.9. The summed E-state index contributed by atoms with van der Waals surface area (Å²) in [4.78, 5) is 28.5. The van der Waals surface area contributed by atoms with Gasteiger partial charge in [-0.05, 0) is 47.5 Å². The molecule has 10 heteroatoms. The van der Waals surface area contributed by atoms with E-state index in [9.17, 15) is 23.1 Å². The van der Waals surface area contributed by atoms with Crippen LogP contribution >= 0.6 is 15.9 Å². The molecule has 0 spiro atoms. The predicted molar refractivity (Wildman–Crippen MR) is 146 cm³/mol. The lowest BCUT2D eigenvalue weighted by Gasteiger charge is -2.40. The molecule has 4 atom stereocenters. The highest BCUT2D eigenvalue weighted by Gasteiger charge is 2.53. The van der Waals surface area contributed by atoms with Crippen LogP contribution in [0, 0.1) is 5.92 Å². The summed E-state index contributed by atoms with van der Waals surface area (Å²) in [5, 5.41) is 13.0. The third-order valence-corrected chi connectivity index (χ3v) is 8.46. The van der Waals surface area contributed by atoms with Gasteiger partial charge in [0.05, 0.1) is 29.5 Å². The number of carbonyl (C=O) groups excluding carboxylic acids is 2. The van der Waals surface area contributed by atoms with Crippen LogP contribution in [-0.2, 0) is 26.0 Å². The van der Waals surface area contributed by atoms with Gasteiger partial charge in [0.1, 0.15) is 6.04 Å². The molecule has 1 fully saturated rings. The van der Waals surface area contributed by atoms with Crippen LogP contribution < -0.4 is 5.43 Å². The largest absolute Gasteiger partial charge is 0.386 e. The molecule has 38 heavy (non-hydrogen) atoms. The number of hydrogen-bond acceptors (Lipinski definition) is 7. The first-order valence-corrected chi connectivity index (χ1v) is 14.7. The van der Waals surface area contributed by atoms with Crippen LogP contribution in [0.2, 0.25) is 0 Å². The summed E-state index contributed by atoms with van der Waals surface area (Å²) in [6.07, 6.45) is 3.55. The van der Waals surface area contributed by atoms with Crippen LogP contribution in [0.3, 0.4) is 0 Å². The number of carbonyl (C=O) groups is 2. The lowest BCUT2D eigenvalue weighted by molar-refractivity contribution is -0.140. The Morgan fingerprint density at radius 2 is 1.58 bits per heavy atom. The Hall–Kier alpha value is -3.31. The Bertz CT molecular complexity index is 1480. The van der Waals surface area contributed by atoms with Crippen LogP contribution in [0.1, 0.15) is 17.2 Å². The highest BCUT2D eigenvalue weighted by Crippen LogP contribution is 2.37. The Labute approximate surface area is 229 Å². The third kappa shape index (κ3) is 5.17. The molecule has 0 bridgehead atoms. The number of nitrogens with zero attached hydrogens (tertiary/aromatic N) is 2. The van der Waals surface area contributed by atoms with Gasteiger partial charge < -0.3 is 10.5 Å². The van der Waals surface area contributed by atoms with Crippen LogP contribution in [0.5, 0.6) is 0 Å². The Morgan fingerprint density at radius 3 is 2.21 bits per heavy atom. The minimum atomic E-state index is -3.39. The molecular formula is C28H26BrN3O5S. The summed E-state index contributed by atoms with van der Waals surface area (Å²) >= 11 is 3.40. The van der Waals surface area contributed by atoms with Crippen molar-refractivity contribution in [2.45, 2.75) is 29.6 Å². The third-order valence-electron chi connectivity index (χ3n) is 6.81. The SMILES string of the molecule is CS(=O)(=O)c1ccc(NN2C([C@H](O)c3ccc(Br)cc3)C=C[C@H]3C(=O)N(Cc4ccccc4)C(=O)[C@H]32)cc1. The number of anilines is 1. The van der Waals surface area contributed by atoms with E-state index in [1.54, 1.807) is 41.4 Å². The maximum atomic E-state index is 13.7. The zero-order valence-electron chi connectivity index (χ0n) is 20.4. The van der Waals surface area contributed by atoms with Gasteiger partial charge >= 0.3 is 0 Å². The number of nitrogens with one attached hydrogen (secondary N) is 1. The van der Waals surface area contributed by atoms with E-state index in [2.05, 4.69) is 21.4 Å². The van der Waals surface area contributed by atoms with Crippen LogP contribution in [0.25, 0.3) is 0 Å². The number of aliphatic hydroxyl groups excluding tert-OH is 1. The number of aliphatic hydroxyl groups is 1. The summed E-state index contributed by atoms with van der Waals surface area (Å²) < 4.78 is 24.7. The smallest absolute Gasteiger partial charge is 0.249 e. The van der Waals surface area contributed by atoms with Crippen LogP contribution in [0.15, 0.2) is 100 Å². The van der Waals surface area contributed by atoms with E-state index in [0.717, 1.165) is 16.3 Å². The second kappa shape index (κ2) is 10.5. The number of rotatable bonds is 7. The summed E-state index contributed by atoms with van der Waals surface area (Å²) in [5.74, 6) is -1.42. The molecule has 1 saturated heterocycles. The number of likely N-dealkylation sites (tertiary alicyclic amines) is 1. The Kier molecular flexibility index (Phi) is 7.23. The topological polar surface area (TPSA) is 107 Å². The molecule has 2 aliphatic heterocycles. The van der Waals surface area contributed by atoms with Crippen molar-refractivity contribution in [1.82, 2.24) is 9.91 Å². The molecule has 0 aromatic heterocycles. The number of halogens is 1. The number of hydrazine groups is 1. The lowest BCUT2D eigenvalue weighted by atomic mass is 9.90. The van der Waals surface area contributed by atoms with Crippen molar-refractivity contribution < 1.29 is 23.1 Å². The van der Waals surface area contributed by atoms with Gasteiger partial charge in [0.15, 0.2) is 9.84 Å². The second-order valence-electron chi connectivity index (χ2n) is 9.41. The normalized spacial score (nSPS) is 22.4. The van der Waals surface area contributed by atoms with E-state index in [1.165, 1.54) is 17.0 Å². The first-order chi connectivity index (χ1) is 18.1. The number of benzene rings is 3. The van der Waals surface area contributed by atoms with Crippen LogP contribution in [-0.4, -0.2) is 53.6 Å². The average Bonchev–Trinajstić information content (AvgIpc) is 3.14. The van der Waals surface area contributed by atoms with Crippen molar-refractivity contribution in [1.29, 1.82) is 0 Å². The van der Waals surface area contributed by atoms with Gasteiger partial charge in [0.25, 0.3) is 0 Å². The van der Waals surface area contributed by atoms with Gasteiger partial charge in [0, 0.05) is 16.4 Å². The molecule has 3 aromatic carbocycles. The van der Waals surface area contributed by atoms with Crippen molar-refractivity contribution >= 4 is 43.3 Å². The second-order valence-corrected chi connectivity index (χ2v) is 12.3. The number of amides is 2. The zero-order chi connectivity index (χ0) is 27.0. The molecule has 2 N–H and O–H groups in total. The lowest BCUT2D eigenvalue weighted by Crippen LogP contribution is -2.55. The molecule has 0 radical (unpaired) electrons. The molecule has 3 aromatic rings. The molecule has 0 saturated carbocycles. The first-order valence-electron chi connectivity index (χ1n) is 12.0. The fourth-order valence-electron chi connectivity index (χ4n) is 4.83. The Balaban J connectivity index is 1.50. The minimum absolute atomic E-state index is 0.149. The quantitative estimate of drug-likeness (QED) is 0.317.